The highest BCUT2D eigenvalue weighted by molar-refractivity contribution is 5.60. The first kappa shape index (κ1) is 13.7. The molecule has 0 heterocycles. The van der Waals surface area contributed by atoms with Crippen molar-refractivity contribution in [3.63, 3.8) is 0 Å². The molecule has 0 bridgehead atoms. The van der Waals surface area contributed by atoms with Gasteiger partial charge in [-0.05, 0) is 17.7 Å². The number of nitro groups is 1. The van der Waals surface area contributed by atoms with Crippen molar-refractivity contribution >= 4 is 12.0 Å². The van der Waals surface area contributed by atoms with E-state index in [1.807, 2.05) is 30.3 Å². The van der Waals surface area contributed by atoms with Crippen LogP contribution in [0.25, 0.3) is 0 Å². The average Bonchev–Trinajstić information content (AvgIpc) is 2.46. The Bertz CT molecular complexity index is 611. The number of rotatable bonds is 6. The maximum Gasteiger partial charge on any atom is 0.273 e. The summed E-state index contributed by atoms with van der Waals surface area (Å²) in [6, 6.07) is 14.0. The lowest BCUT2D eigenvalue weighted by Crippen LogP contribution is -1.99. The summed E-state index contributed by atoms with van der Waals surface area (Å²) < 4.78 is 5.58. The molecule has 102 valence electrons. The molecular weight excluding hydrogens is 258 g/mol. The zero-order valence-electron chi connectivity index (χ0n) is 10.7. The SMILES string of the molecule is O=CCc1cc(OCc2ccccc2)ccc1[N+](=O)[O-]. The highest BCUT2D eigenvalue weighted by atomic mass is 16.6. The van der Waals surface area contributed by atoms with E-state index in [1.54, 1.807) is 0 Å². The zero-order valence-corrected chi connectivity index (χ0v) is 10.7. The Morgan fingerprint density at radius 1 is 1.15 bits per heavy atom. The van der Waals surface area contributed by atoms with Crippen molar-refractivity contribution in [1.29, 1.82) is 0 Å². The van der Waals surface area contributed by atoms with Crippen LogP contribution in [0.15, 0.2) is 48.5 Å². The molecule has 0 radical (unpaired) electrons. The van der Waals surface area contributed by atoms with Crippen LogP contribution in [0.1, 0.15) is 11.1 Å². The minimum Gasteiger partial charge on any atom is -0.489 e. The number of hydrogen-bond donors (Lipinski definition) is 0. The lowest BCUT2D eigenvalue weighted by molar-refractivity contribution is -0.385. The standard InChI is InChI=1S/C15H13NO4/c17-9-8-13-10-14(6-7-15(13)16(18)19)20-11-12-4-2-1-3-5-12/h1-7,9-10H,8,11H2. The normalized spacial score (nSPS) is 10.0. The molecule has 0 spiro atoms. The number of aldehydes is 1. The number of nitrogens with zero attached hydrogens (tertiary/aromatic N) is 1. The molecule has 0 fully saturated rings. The summed E-state index contributed by atoms with van der Waals surface area (Å²) >= 11 is 0. The molecule has 0 unspecified atom stereocenters. The van der Waals surface area contributed by atoms with Crippen molar-refractivity contribution < 1.29 is 14.5 Å². The van der Waals surface area contributed by atoms with Crippen LogP contribution in [-0.4, -0.2) is 11.2 Å². The Labute approximate surface area is 116 Å². The first-order chi connectivity index (χ1) is 9.70. The first-order valence-corrected chi connectivity index (χ1v) is 6.08. The van der Waals surface area contributed by atoms with Crippen molar-refractivity contribution in [3.05, 3.63) is 69.8 Å². The molecule has 0 N–H and O–H groups in total. The monoisotopic (exact) mass is 271 g/mol. The van der Waals surface area contributed by atoms with Gasteiger partial charge in [-0.1, -0.05) is 30.3 Å². The van der Waals surface area contributed by atoms with Crippen molar-refractivity contribution in [2.75, 3.05) is 0 Å². The van der Waals surface area contributed by atoms with Crippen LogP contribution in [-0.2, 0) is 17.8 Å². The second kappa shape index (κ2) is 6.47. The van der Waals surface area contributed by atoms with Crippen LogP contribution < -0.4 is 4.74 Å². The Morgan fingerprint density at radius 3 is 2.55 bits per heavy atom. The van der Waals surface area contributed by atoms with Gasteiger partial charge in [-0.25, -0.2) is 0 Å². The van der Waals surface area contributed by atoms with Crippen LogP contribution in [0.4, 0.5) is 5.69 Å². The summed E-state index contributed by atoms with van der Waals surface area (Å²) in [7, 11) is 0. The van der Waals surface area contributed by atoms with Crippen molar-refractivity contribution in [1.82, 2.24) is 0 Å². The van der Waals surface area contributed by atoms with Gasteiger partial charge in [0.05, 0.1) is 4.92 Å². The Kier molecular flexibility index (Phi) is 4.44. The fourth-order valence-corrected chi connectivity index (χ4v) is 1.82. The maximum absolute atomic E-state index is 10.8. The Balaban J connectivity index is 2.14. The molecule has 0 aromatic heterocycles. The van der Waals surface area contributed by atoms with Crippen LogP contribution in [0.5, 0.6) is 5.75 Å². The summed E-state index contributed by atoms with van der Waals surface area (Å²) in [6.45, 7) is 0.374. The number of nitro benzene ring substituents is 1. The smallest absolute Gasteiger partial charge is 0.273 e. The molecule has 0 saturated carbocycles. The Morgan fingerprint density at radius 2 is 1.90 bits per heavy atom. The highest BCUT2D eigenvalue weighted by Crippen LogP contribution is 2.24. The molecule has 0 aliphatic heterocycles. The highest BCUT2D eigenvalue weighted by Gasteiger charge is 2.14. The average molecular weight is 271 g/mol. The van der Waals surface area contributed by atoms with Gasteiger partial charge in [0.25, 0.3) is 5.69 Å². The van der Waals surface area contributed by atoms with Gasteiger partial charge in [-0.3, -0.25) is 10.1 Å². The van der Waals surface area contributed by atoms with E-state index >= 15 is 0 Å². The van der Waals surface area contributed by atoms with E-state index in [-0.39, 0.29) is 12.1 Å². The third kappa shape index (κ3) is 3.41. The first-order valence-electron chi connectivity index (χ1n) is 6.08. The minimum absolute atomic E-state index is 0.00114. The molecule has 2 rings (SSSR count). The van der Waals surface area contributed by atoms with Gasteiger partial charge in [0.15, 0.2) is 0 Å². The number of carbonyl (C=O) groups excluding carboxylic acids is 1. The number of hydrogen-bond acceptors (Lipinski definition) is 4. The third-order valence-corrected chi connectivity index (χ3v) is 2.80. The quantitative estimate of drug-likeness (QED) is 0.460. The molecule has 5 heteroatoms. The zero-order chi connectivity index (χ0) is 14.4. The largest absolute Gasteiger partial charge is 0.489 e. The van der Waals surface area contributed by atoms with E-state index in [2.05, 4.69) is 0 Å². The second-order valence-electron chi connectivity index (χ2n) is 4.19. The summed E-state index contributed by atoms with van der Waals surface area (Å²) in [4.78, 5) is 20.9. The number of ether oxygens (including phenoxy) is 1. The molecule has 0 atom stereocenters. The molecule has 0 aliphatic rings. The second-order valence-corrected chi connectivity index (χ2v) is 4.19. The van der Waals surface area contributed by atoms with E-state index in [9.17, 15) is 14.9 Å². The van der Waals surface area contributed by atoms with E-state index in [0.717, 1.165) is 5.56 Å². The Hall–Kier alpha value is -2.69. The molecular formula is C15H13NO4. The van der Waals surface area contributed by atoms with Crippen LogP contribution in [0.2, 0.25) is 0 Å². The van der Waals surface area contributed by atoms with Gasteiger partial charge in [0.1, 0.15) is 18.6 Å². The summed E-state index contributed by atoms with van der Waals surface area (Å²) in [5.41, 5.74) is 1.29. The van der Waals surface area contributed by atoms with Gasteiger partial charge in [-0.2, -0.15) is 0 Å². The number of benzene rings is 2. The van der Waals surface area contributed by atoms with Gasteiger partial charge < -0.3 is 9.53 Å². The minimum atomic E-state index is -0.500. The molecule has 0 aliphatic carbocycles. The van der Waals surface area contributed by atoms with Gasteiger partial charge in [0.2, 0.25) is 0 Å². The van der Waals surface area contributed by atoms with E-state index in [4.69, 9.17) is 4.74 Å². The molecule has 2 aromatic rings. The molecule has 0 saturated heterocycles. The van der Waals surface area contributed by atoms with E-state index < -0.39 is 4.92 Å². The van der Waals surface area contributed by atoms with Crippen LogP contribution in [0.3, 0.4) is 0 Å². The van der Waals surface area contributed by atoms with Gasteiger partial charge >= 0.3 is 0 Å². The van der Waals surface area contributed by atoms with Crippen molar-refractivity contribution in [3.8, 4) is 5.75 Å². The van der Waals surface area contributed by atoms with Crippen LogP contribution >= 0.6 is 0 Å². The fraction of sp³-hybridized carbons (Fsp3) is 0.133. The lowest BCUT2D eigenvalue weighted by Gasteiger charge is -2.07. The summed E-state index contributed by atoms with van der Waals surface area (Å²) in [5.74, 6) is 0.510. The third-order valence-electron chi connectivity index (χ3n) is 2.80. The predicted octanol–water partition coefficient (Wildman–Crippen LogP) is 2.92. The summed E-state index contributed by atoms with van der Waals surface area (Å²) in [6.07, 6.45) is 0.641. The van der Waals surface area contributed by atoms with Crippen molar-refractivity contribution in [2.45, 2.75) is 13.0 Å². The van der Waals surface area contributed by atoms with E-state index in [1.165, 1.54) is 18.2 Å². The predicted molar refractivity (Wildman–Crippen MR) is 73.6 cm³/mol. The number of carbonyl (C=O) groups is 1. The summed E-state index contributed by atoms with van der Waals surface area (Å²) in [5, 5.41) is 10.8. The van der Waals surface area contributed by atoms with Crippen LogP contribution in [0, 0.1) is 10.1 Å². The van der Waals surface area contributed by atoms with Gasteiger partial charge in [-0.15, -0.1) is 0 Å². The van der Waals surface area contributed by atoms with Crippen molar-refractivity contribution in [2.24, 2.45) is 0 Å². The molecule has 20 heavy (non-hydrogen) atoms. The molecule has 2 aromatic carbocycles. The topological polar surface area (TPSA) is 69.4 Å². The van der Waals surface area contributed by atoms with E-state index in [0.29, 0.717) is 24.2 Å². The molecule has 0 amide bonds. The maximum atomic E-state index is 10.8. The fourth-order valence-electron chi connectivity index (χ4n) is 1.82. The lowest BCUT2D eigenvalue weighted by atomic mass is 10.1. The van der Waals surface area contributed by atoms with Gasteiger partial charge in [0, 0.05) is 18.1 Å². The molecule has 5 nitrogen and oxygen atoms in total.